The Morgan fingerprint density at radius 2 is 1.86 bits per heavy atom. The van der Waals surface area contributed by atoms with Gasteiger partial charge in [0.15, 0.2) is 0 Å². The summed E-state index contributed by atoms with van der Waals surface area (Å²) in [7, 11) is 0. The number of carbonyl (C=O) groups excluding carboxylic acids is 1. The van der Waals surface area contributed by atoms with Crippen LogP contribution in [0.5, 0.6) is 0 Å². The van der Waals surface area contributed by atoms with E-state index in [0.29, 0.717) is 32.7 Å². The van der Waals surface area contributed by atoms with E-state index in [2.05, 4.69) is 44.9 Å². The van der Waals surface area contributed by atoms with Crippen LogP contribution in [0.2, 0.25) is 0 Å². The summed E-state index contributed by atoms with van der Waals surface area (Å²) in [5.41, 5.74) is 0.931. The lowest BCUT2D eigenvalue weighted by molar-refractivity contribution is -0.855. The number of amides is 3. The highest BCUT2D eigenvalue weighted by molar-refractivity contribution is 5.69. The van der Waals surface area contributed by atoms with E-state index in [9.17, 15) is 14.7 Å². The molecule has 0 unspecified atom stereocenters. The highest BCUT2D eigenvalue weighted by Crippen LogP contribution is 2.28. The number of pyridine rings is 1. The highest BCUT2D eigenvalue weighted by Gasteiger charge is 2.43. The summed E-state index contributed by atoms with van der Waals surface area (Å²) in [4.78, 5) is 30.3. The van der Waals surface area contributed by atoms with Crippen LogP contribution in [-0.4, -0.2) is 69.9 Å². The van der Waals surface area contributed by atoms with Crippen molar-refractivity contribution >= 4 is 12.1 Å². The Morgan fingerprint density at radius 3 is 2.38 bits per heavy atom. The van der Waals surface area contributed by atoms with Gasteiger partial charge in [0.2, 0.25) is 0 Å². The SMILES string of the molecule is CC(C)(C)CC(C)(C)NC(=O)[N+]1(CCCc2cccnc2)CCN(C(=O)O)CC1. The van der Waals surface area contributed by atoms with Crippen molar-refractivity contribution in [2.45, 2.75) is 59.4 Å². The maximum Gasteiger partial charge on any atom is 0.417 e. The van der Waals surface area contributed by atoms with Crippen molar-refractivity contribution in [2.75, 3.05) is 32.7 Å². The first kappa shape index (κ1) is 23.1. The van der Waals surface area contributed by atoms with E-state index >= 15 is 0 Å². The normalized spacial score (nSPS) is 17.1. The van der Waals surface area contributed by atoms with Crippen LogP contribution in [0, 0.1) is 5.41 Å². The molecule has 29 heavy (non-hydrogen) atoms. The molecular weight excluding hydrogens is 368 g/mol. The summed E-state index contributed by atoms with van der Waals surface area (Å²) < 4.78 is 0.289. The standard InChI is InChI=1S/C22H36N4O3/c1-21(2,3)17-22(4,5)24-19(27)26(14-11-25(12-15-26)20(28)29)13-7-9-18-8-6-10-23-16-18/h6,8,10,16H,7,9,11-15,17H2,1-5H3,(H-,24,27,28,29)/p+1. The molecule has 0 bridgehead atoms. The number of aryl methyl sites for hydroxylation is 1. The van der Waals surface area contributed by atoms with Gasteiger partial charge >= 0.3 is 12.1 Å². The fourth-order valence-electron chi connectivity index (χ4n) is 4.48. The average Bonchev–Trinajstić information content (AvgIpc) is 2.60. The lowest BCUT2D eigenvalue weighted by atomic mass is 9.82. The van der Waals surface area contributed by atoms with Gasteiger partial charge in [-0.25, -0.2) is 14.1 Å². The van der Waals surface area contributed by atoms with Gasteiger partial charge in [-0.3, -0.25) is 9.88 Å². The average molecular weight is 406 g/mol. The molecule has 2 heterocycles. The molecule has 2 N–H and O–H groups in total. The molecule has 0 atom stereocenters. The van der Waals surface area contributed by atoms with Crippen LogP contribution in [0.1, 0.15) is 53.0 Å². The second kappa shape index (κ2) is 9.11. The molecule has 7 nitrogen and oxygen atoms in total. The van der Waals surface area contributed by atoms with E-state index in [1.54, 1.807) is 6.20 Å². The Kier molecular flexibility index (Phi) is 7.27. The molecule has 1 aromatic heterocycles. The summed E-state index contributed by atoms with van der Waals surface area (Å²) in [6.07, 6.45) is 5.28. The molecule has 0 aromatic carbocycles. The largest absolute Gasteiger partial charge is 0.465 e. The quantitative estimate of drug-likeness (QED) is 0.706. The van der Waals surface area contributed by atoms with Crippen LogP contribution in [0.4, 0.5) is 9.59 Å². The van der Waals surface area contributed by atoms with Crippen molar-refractivity contribution in [2.24, 2.45) is 5.41 Å². The fraction of sp³-hybridized carbons (Fsp3) is 0.682. The predicted octanol–water partition coefficient (Wildman–Crippen LogP) is 3.75. The van der Waals surface area contributed by atoms with Crippen LogP contribution in [-0.2, 0) is 6.42 Å². The van der Waals surface area contributed by atoms with Crippen molar-refractivity contribution < 1.29 is 19.2 Å². The van der Waals surface area contributed by atoms with Gasteiger partial charge in [0.1, 0.15) is 13.1 Å². The molecule has 0 spiro atoms. The summed E-state index contributed by atoms with van der Waals surface area (Å²) in [6, 6.07) is 3.98. The third kappa shape index (κ3) is 6.99. The number of quaternary nitrogens is 1. The number of hydrogen-bond donors (Lipinski definition) is 2. The Morgan fingerprint density at radius 1 is 1.21 bits per heavy atom. The lowest BCUT2D eigenvalue weighted by Crippen LogP contribution is -2.68. The van der Waals surface area contributed by atoms with E-state index in [1.165, 1.54) is 4.90 Å². The van der Waals surface area contributed by atoms with E-state index in [0.717, 1.165) is 24.8 Å². The van der Waals surface area contributed by atoms with Crippen LogP contribution >= 0.6 is 0 Å². The van der Waals surface area contributed by atoms with E-state index in [4.69, 9.17) is 0 Å². The topological polar surface area (TPSA) is 82.5 Å². The molecule has 162 valence electrons. The minimum absolute atomic E-state index is 0.00970. The first-order valence-electron chi connectivity index (χ1n) is 10.5. The summed E-state index contributed by atoms with van der Waals surface area (Å²) in [6.45, 7) is 13.1. The van der Waals surface area contributed by atoms with Crippen LogP contribution in [0.3, 0.4) is 0 Å². The van der Waals surface area contributed by atoms with Crippen LogP contribution < -0.4 is 5.32 Å². The molecule has 1 aliphatic heterocycles. The Hall–Kier alpha value is -2.15. The van der Waals surface area contributed by atoms with Gasteiger partial charge in [0.25, 0.3) is 0 Å². The predicted molar refractivity (Wildman–Crippen MR) is 114 cm³/mol. The van der Waals surface area contributed by atoms with Gasteiger partial charge in [0.05, 0.1) is 19.6 Å². The van der Waals surface area contributed by atoms with E-state index in [1.807, 2.05) is 18.3 Å². The molecule has 2 rings (SSSR count). The van der Waals surface area contributed by atoms with Gasteiger partial charge in [-0.1, -0.05) is 26.8 Å². The maximum absolute atomic E-state index is 13.4. The Balaban J connectivity index is 2.09. The van der Waals surface area contributed by atoms with Gasteiger partial charge in [-0.05, 0) is 43.7 Å². The van der Waals surface area contributed by atoms with Gasteiger partial charge in [-0.15, -0.1) is 0 Å². The summed E-state index contributed by atoms with van der Waals surface area (Å²) >= 11 is 0. The minimum atomic E-state index is -0.911. The first-order valence-corrected chi connectivity index (χ1v) is 10.5. The van der Waals surface area contributed by atoms with Crippen molar-refractivity contribution in [3.8, 4) is 0 Å². The van der Waals surface area contributed by atoms with Crippen molar-refractivity contribution in [3.05, 3.63) is 30.1 Å². The Labute approximate surface area is 174 Å². The van der Waals surface area contributed by atoms with E-state index in [-0.39, 0.29) is 21.5 Å². The second-order valence-electron chi connectivity index (χ2n) is 10.1. The number of nitrogens with zero attached hydrogens (tertiary/aromatic N) is 3. The third-order valence-corrected chi connectivity index (χ3v) is 5.49. The van der Waals surface area contributed by atoms with Crippen molar-refractivity contribution in [1.29, 1.82) is 0 Å². The van der Waals surface area contributed by atoms with E-state index < -0.39 is 6.09 Å². The number of carbonyl (C=O) groups is 2. The second-order valence-corrected chi connectivity index (χ2v) is 10.1. The van der Waals surface area contributed by atoms with Gasteiger partial charge in [0, 0.05) is 24.4 Å². The molecule has 1 fully saturated rings. The number of rotatable bonds is 6. The smallest absolute Gasteiger partial charge is 0.417 e. The lowest BCUT2D eigenvalue weighted by Gasteiger charge is -2.44. The molecule has 1 aliphatic rings. The molecule has 0 saturated carbocycles. The Bertz CT molecular complexity index is 690. The monoisotopic (exact) mass is 405 g/mol. The fourth-order valence-corrected chi connectivity index (χ4v) is 4.48. The van der Waals surface area contributed by atoms with Crippen molar-refractivity contribution in [3.63, 3.8) is 0 Å². The summed E-state index contributed by atoms with van der Waals surface area (Å²) in [5.74, 6) is 0. The van der Waals surface area contributed by atoms with Gasteiger partial charge < -0.3 is 10.4 Å². The maximum atomic E-state index is 13.4. The number of nitrogens with one attached hydrogen (secondary N) is 1. The van der Waals surface area contributed by atoms with Crippen LogP contribution in [0.25, 0.3) is 0 Å². The minimum Gasteiger partial charge on any atom is -0.465 e. The zero-order chi connectivity index (χ0) is 21.7. The number of hydrogen-bond acceptors (Lipinski definition) is 3. The number of carboxylic acid groups (broad SMARTS) is 1. The first-order chi connectivity index (χ1) is 13.4. The van der Waals surface area contributed by atoms with Crippen LogP contribution in [0.15, 0.2) is 24.5 Å². The number of aromatic nitrogens is 1. The zero-order valence-corrected chi connectivity index (χ0v) is 18.6. The molecular formula is C22H37N4O3+. The molecule has 0 aliphatic carbocycles. The third-order valence-electron chi connectivity index (χ3n) is 5.49. The molecule has 1 saturated heterocycles. The molecule has 3 amide bonds. The highest BCUT2D eigenvalue weighted by atomic mass is 16.4. The zero-order valence-electron chi connectivity index (χ0n) is 18.6. The molecule has 7 heteroatoms. The number of piperazine rings is 1. The number of urea groups is 1. The molecule has 0 radical (unpaired) electrons. The molecule has 1 aromatic rings. The summed E-state index contributed by atoms with van der Waals surface area (Å²) in [5, 5.41) is 12.6. The van der Waals surface area contributed by atoms with Crippen molar-refractivity contribution in [1.82, 2.24) is 15.2 Å². The van der Waals surface area contributed by atoms with Gasteiger partial charge in [-0.2, -0.15) is 0 Å².